The second-order valence-electron chi connectivity index (χ2n) is 3.16. The molecule has 0 saturated heterocycles. The Kier molecular flexibility index (Phi) is 2.79. The highest BCUT2D eigenvalue weighted by Gasteiger charge is 2.10. The zero-order valence-electron chi connectivity index (χ0n) is 8.65. The van der Waals surface area contributed by atoms with Crippen LogP contribution in [0.3, 0.4) is 0 Å². The largest absolute Gasteiger partial charge is 0.275 e. The number of aromatic nitrogens is 4. The summed E-state index contributed by atoms with van der Waals surface area (Å²) < 4.78 is 1.66. The molecule has 0 atom stereocenters. The van der Waals surface area contributed by atoms with E-state index in [1.165, 1.54) is 0 Å². The maximum absolute atomic E-state index is 8.30. The molecule has 2 aromatic rings. The minimum Gasteiger partial charge on any atom is -0.275 e. The number of azide groups is 1. The molecule has 80 valence electrons. The van der Waals surface area contributed by atoms with Crippen molar-refractivity contribution in [3.8, 4) is 11.4 Å². The highest BCUT2D eigenvalue weighted by atomic mass is 15.3. The third kappa shape index (κ3) is 1.99. The van der Waals surface area contributed by atoms with Crippen LogP contribution in [-0.2, 0) is 13.6 Å². The molecule has 0 fully saturated rings. The van der Waals surface area contributed by atoms with Crippen molar-refractivity contribution in [2.45, 2.75) is 6.54 Å². The fourth-order valence-corrected chi connectivity index (χ4v) is 1.40. The van der Waals surface area contributed by atoms with Crippen molar-refractivity contribution in [2.75, 3.05) is 0 Å². The first-order chi connectivity index (χ1) is 7.81. The first kappa shape index (κ1) is 10.1. The van der Waals surface area contributed by atoms with Crippen LogP contribution in [0.5, 0.6) is 0 Å². The lowest BCUT2D eigenvalue weighted by molar-refractivity contribution is 0.768. The summed E-state index contributed by atoms with van der Waals surface area (Å²) in [6.45, 7) is 0.260. The van der Waals surface area contributed by atoms with Crippen LogP contribution in [0.1, 0.15) is 5.56 Å². The molecule has 0 spiro atoms. The topological polar surface area (TPSA) is 92.4 Å². The summed E-state index contributed by atoms with van der Waals surface area (Å²) in [7, 11) is 1.81. The van der Waals surface area contributed by atoms with Crippen LogP contribution in [0.2, 0.25) is 0 Å². The minimum absolute atomic E-state index is 0.260. The van der Waals surface area contributed by atoms with Crippen molar-refractivity contribution < 1.29 is 0 Å². The van der Waals surface area contributed by atoms with Crippen molar-refractivity contribution in [3.05, 3.63) is 40.8 Å². The van der Waals surface area contributed by atoms with Crippen LogP contribution in [0, 0.1) is 0 Å². The highest BCUT2D eigenvalue weighted by molar-refractivity contribution is 5.56. The summed E-state index contributed by atoms with van der Waals surface area (Å²) in [4.78, 5) is 10.9. The third-order valence-electron chi connectivity index (χ3n) is 2.01. The monoisotopic (exact) mass is 215 g/mol. The molecule has 0 aromatic carbocycles. The van der Waals surface area contributed by atoms with Crippen LogP contribution in [0.25, 0.3) is 21.8 Å². The standard InChI is InChI=1S/C9H9N7/c1-16-6-7(4-13-15-10)9(14-16)8-5-11-2-3-12-8/h2-3,5-6H,4H2,1H3. The van der Waals surface area contributed by atoms with Crippen molar-refractivity contribution in [1.82, 2.24) is 19.7 Å². The smallest absolute Gasteiger partial charge is 0.116 e. The number of nitrogens with zero attached hydrogens (tertiary/aromatic N) is 7. The van der Waals surface area contributed by atoms with Gasteiger partial charge in [0.2, 0.25) is 0 Å². The quantitative estimate of drug-likeness (QED) is 0.443. The molecule has 0 aliphatic carbocycles. The van der Waals surface area contributed by atoms with Crippen molar-refractivity contribution in [1.29, 1.82) is 0 Å². The molecule has 0 N–H and O–H groups in total. The molecule has 0 bridgehead atoms. The minimum atomic E-state index is 0.260. The molecule has 0 aliphatic heterocycles. The molecule has 2 heterocycles. The molecule has 0 amide bonds. The molecule has 16 heavy (non-hydrogen) atoms. The number of aryl methyl sites for hydroxylation is 1. The van der Waals surface area contributed by atoms with E-state index in [-0.39, 0.29) is 6.54 Å². The SMILES string of the molecule is Cn1cc(CN=[N+]=[N-])c(-c2cnccn2)n1. The van der Waals surface area contributed by atoms with Gasteiger partial charge in [-0.1, -0.05) is 5.11 Å². The average molecular weight is 215 g/mol. The Bertz CT molecular complexity index is 524. The van der Waals surface area contributed by atoms with Crippen molar-refractivity contribution >= 4 is 0 Å². The van der Waals surface area contributed by atoms with Gasteiger partial charge in [0.05, 0.1) is 12.7 Å². The molecule has 0 radical (unpaired) electrons. The maximum atomic E-state index is 8.30. The van der Waals surface area contributed by atoms with Gasteiger partial charge in [0.1, 0.15) is 11.4 Å². The van der Waals surface area contributed by atoms with E-state index in [0.717, 1.165) is 5.56 Å². The van der Waals surface area contributed by atoms with Gasteiger partial charge in [0.25, 0.3) is 0 Å². The average Bonchev–Trinajstić information content (AvgIpc) is 2.69. The third-order valence-corrected chi connectivity index (χ3v) is 2.01. The fraction of sp³-hybridized carbons (Fsp3) is 0.222. The van der Waals surface area contributed by atoms with Gasteiger partial charge in [-0.2, -0.15) is 5.10 Å². The van der Waals surface area contributed by atoms with E-state index < -0.39 is 0 Å². The predicted molar refractivity (Wildman–Crippen MR) is 57.1 cm³/mol. The lowest BCUT2D eigenvalue weighted by atomic mass is 10.2. The second kappa shape index (κ2) is 4.41. The van der Waals surface area contributed by atoms with Crippen LogP contribution < -0.4 is 0 Å². The summed E-state index contributed by atoms with van der Waals surface area (Å²) >= 11 is 0. The summed E-state index contributed by atoms with van der Waals surface area (Å²) in [6, 6.07) is 0. The Hall–Kier alpha value is -2.40. The lowest BCUT2D eigenvalue weighted by Gasteiger charge is -1.96. The lowest BCUT2D eigenvalue weighted by Crippen LogP contribution is -1.90. The highest BCUT2D eigenvalue weighted by Crippen LogP contribution is 2.19. The van der Waals surface area contributed by atoms with Gasteiger partial charge in [0, 0.05) is 36.1 Å². The number of hydrogen-bond acceptors (Lipinski definition) is 4. The summed E-state index contributed by atoms with van der Waals surface area (Å²) in [5.41, 5.74) is 10.5. The van der Waals surface area contributed by atoms with E-state index >= 15 is 0 Å². The van der Waals surface area contributed by atoms with Crippen molar-refractivity contribution in [3.63, 3.8) is 0 Å². The van der Waals surface area contributed by atoms with E-state index in [4.69, 9.17) is 5.53 Å². The van der Waals surface area contributed by atoms with E-state index in [0.29, 0.717) is 11.4 Å². The van der Waals surface area contributed by atoms with E-state index in [1.807, 2.05) is 0 Å². The van der Waals surface area contributed by atoms with Crippen molar-refractivity contribution in [2.24, 2.45) is 12.2 Å². The van der Waals surface area contributed by atoms with Crippen LogP contribution >= 0.6 is 0 Å². The Balaban J connectivity index is 2.44. The van der Waals surface area contributed by atoms with E-state index in [2.05, 4.69) is 25.1 Å². The van der Waals surface area contributed by atoms with Gasteiger partial charge in [-0.05, 0) is 5.53 Å². The second-order valence-corrected chi connectivity index (χ2v) is 3.16. The molecular formula is C9H9N7. The number of rotatable bonds is 3. The van der Waals surface area contributed by atoms with Gasteiger partial charge >= 0.3 is 0 Å². The molecular weight excluding hydrogens is 206 g/mol. The summed E-state index contributed by atoms with van der Waals surface area (Å²) in [6.07, 6.45) is 6.63. The zero-order chi connectivity index (χ0) is 11.4. The molecule has 2 rings (SSSR count). The van der Waals surface area contributed by atoms with Gasteiger partial charge in [-0.15, -0.1) is 0 Å². The fourth-order valence-electron chi connectivity index (χ4n) is 1.40. The summed E-state index contributed by atoms with van der Waals surface area (Å²) in [5, 5.41) is 7.79. The van der Waals surface area contributed by atoms with Crippen LogP contribution in [-0.4, -0.2) is 19.7 Å². The molecule has 0 aliphatic rings. The van der Waals surface area contributed by atoms with Crippen LogP contribution in [0.4, 0.5) is 0 Å². The molecule has 7 heteroatoms. The van der Waals surface area contributed by atoms with Gasteiger partial charge in [0.15, 0.2) is 0 Å². The van der Waals surface area contributed by atoms with E-state index in [1.54, 1.807) is 36.5 Å². The first-order valence-electron chi connectivity index (χ1n) is 4.61. The Morgan fingerprint density at radius 1 is 1.50 bits per heavy atom. The molecule has 7 nitrogen and oxygen atoms in total. The number of hydrogen-bond donors (Lipinski definition) is 0. The molecule has 0 unspecified atom stereocenters. The van der Waals surface area contributed by atoms with Crippen LogP contribution in [0.15, 0.2) is 29.9 Å². The van der Waals surface area contributed by atoms with Gasteiger partial charge < -0.3 is 0 Å². The first-order valence-corrected chi connectivity index (χ1v) is 4.61. The maximum Gasteiger partial charge on any atom is 0.116 e. The Labute approximate surface area is 91.4 Å². The molecule has 0 saturated carbocycles. The Morgan fingerprint density at radius 2 is 2.38 bits per heavy atom. The summed E-state index contributed by atoms with van der Waals surface area (Å²) in [5.74, 6) is 0. The Morgan fingerprint density at radius 3 is 3.06 bits per heavy atom. The van der Waals surface area contributed by atoms with E-state index in [9.17, 15) is 0 Å². The molecule has 2 aromatic heterocycles. The van der Waals surface area contributed by atoms with Gasteiger partial charge in [-0.25, -0.2) is 0 Å². The zero-order valence-corrected chi connectivity index (χ0v) is 8.65. The predicted octanol–water partition coefficient (Wildman–Crippen LogP) is 1.69. The normalized spacial score (nSPS) is 9.81. The van der Waals surface area contributed by atoms with Gasteiger partial charge in [-0.3, -0.25) is 14.6 Å².